The van der Waals surface area contributed by atoms with E-state index in [1.165, 1.54) is 0 Å². The van der Waals surface area contributed by atoms with E-state index in [4.69, 9.17) is 9.47 Å². The van der Waals surface area contributed by atoms with E-state index < -0.39 is 30.1 Å². The summed E-state index contributed by atoms with van der Waals surface area (Å²) < 4.78 is 23.5. The summed E-state index contributed by atoms with van der Waals surface area (Å²) in [5, 5.41) is 18.9. The first-order chi connectivity index (χ1) is 8.93. The molecule has 0 aromatic heterocycles. The first-order valence-corrected chi connectivity index (χ1v) is 5.85. The highest BCUT2D eigenvalue weighted by Gasteiger charge is 2.53. The lowest BCUT2D eigenvalue weighted by molar-refractivity contribution is -0.167. The molecule has 0 spiro atoms. The van der Waals surface area contributed by atoms with E-state index in [-0.39, 0.29) is 6.61 Å². The third-order valence-corrected chi connectivity index (χ3v) is 3.08. The Hall–Kier alpha value is -1.50. The highest BCUT2D eigenvalue weighted by Crippen LogP contribution is 2.32. The highest BCUT2D eigenvalue weighted by molar-refractivity contribution is 5.89. The molecule has 6 heteroatoms. The van der Waals surface area contributed by atoms with Gasteiger partial charge in [-0.2, -0.15) is 0 Å². The molecule has 0 aliphatic carbocycles. The first kappa shape index (κ1) is 13.9. The number of carbonyl (C=O) groups is 1. The number of esters is 1. The lowest BCUT2D eigenvalue weighted by atomic mass is 9.99. The van der Waals surface area contributed by atoms with Crippen molar-refractivity contribution < 1.29 is 28.9 Å². The van der Waals surface area contributed by atoms with Crippen molar-refractivity contribution in [2.24, 2.45) is 0 Å². The highest BCUT2D eigenvalue weighted by atomic mass is 19.1. The van der Waals surface area contributed by atoms with E-state index >= 15 is 0 Å². The second-order valence-electron chi connectivity index (χ2n) is 4.62. The summed E-state index contributed by atoms with van der Waals surface area (Å²) in [6.45, 7) is 0.753. The van der Waals surface area contributed by atoms with Crippen LogP contribution in [0, 0.1) is 0 Å². The molecule has 1 aliphatic heterocycles. The molecule has 1 heterocycles. The predicted octanol–water partition coefficient (Wildman–Crippen LogP) is 0.650. The summed E-state index contributed by atoms with van der Waals surface area (Å²) in [5.74, 6) is -0.613. The largest absolute Gasteiger partial charge is 0.459 e. The fraction of sp³-hybridized carbons (Fsp3) is 0.462. The van der Waals surface area contributed by atoms with E-state index in [0.29, 0.717) is 5.56 Å². The minimum atomic E-state index is -2.00. The Morgan fingerprint density at radius 2 is 2.11 bits per heavy atom. The molecule has 0 radical (unpaired) electrons. The number of ether oxygens (including phenoxy) is 2. The number of halogens is 1. The SMILES string of the molecule is C[C@]1(O)C(O)O[C@H](COC(=O)c2ccccc2)C1F. The number of alkyl halides is 1. The molecule has 5 nitrogen and oxygen atoms in total. The summed E-state index contributed by atoms with van der Waals surface area (Å²) in [5.41, 5.74) is -1.66. The van der Waals surface area contributed by atoms with Crippen molar-refractivity contribution >= 4 is 5.97 Å². The third kappa shape index (κ3) is 2.75. The zero-order valence-corrected chi connectivity index (χ0v) is 10.3. The van der Waals surface area contributed by atoms with Crippen LogP contribution in [0.25, 0.3) is 0 Å². The van der Waals surface area contributed by atoms with Gasteiger partial charge in [0.25, 0.3) is 0 Å². The molecule has 0 saturated carbocycles. The normalized spacial score (nSPS) is 34.2. The molecule has 2 unspecified atom stereocenters. The van der Waals surface area contributed by atoms with Gasteiger partial charge >= 0.3 is 5.97 Å². The number of benzene rings is 1. The van der Waals surface area contributed by atoms with Gasteiger partial charge in [0.15, 0.2) is 12.5 Å². The number of hydrogen-bond acceptors (Lipinski definition) is 5. The molecule has 104 valence electrons. The van der Waals surface area contributed by atoms with Crippen LogP contribution >= 0.6 is 0 Å². The quantitative estimate of drug-likeness (QED) is 0.789. The van der Waals surface area contributed by atoms with E-state index in [2.05, 4.69) is 0 Å². The molecule has 1 fully saturated rings. The Balaban J connectivity index is 1.92. The van der Waals surface area contributed by atoms with Crippen molar-refractivity contribution in [1.82, 2.24) is 0 Å². The van der Waals surface area contributed by atoms with Crippen molar-refractivity contribution in [2.45, 2.75) is 31.1 Å². The second kappa shape index (κ2) is 5.24. The van der Waals surface area contributed by atoms with Gasteiger partial charge in [-0.1, -0.05) is 18.2 Å². The van der Waals surface area contributed by atoms with Crippen molar-refractivity contribution in [3.05, 3.63) is 35.9 Å². The Kier molecular flexibility index (Phi) is 3.84. The lowest BCUT2D eigenvalue weighted by Crippen LogP contribution is -2.43. The maximum absolute atomic E-state index is 13.7. The van der Waals surface area contributed by atoms with Crippen molar-refractivity contribution in [1.29, 1.82) is 0 Å². The van der Waals surface area contributed by atoms with Crippen LogP contribution in [0.15, 0.2) is 30.3 Å². The average Bonchev–Trinajstić information content (AvgIpc) is 2.60. The van der Waals surface area contributed by atoms with Gasteiger partial charge in [0.1, 0.15) is 18.3 Å². The Morgan fingerprint density at radius 1 is 1.47 bits per heavy atom. The zero-order chi connectivity index (χ0) is 14.0. The van der Waals surface area contributed by atoms with Crippen LogP contribution in [0.3, 0.4) is 0 Å². The lowest BCUT2D eigenvalue weighted by Gasteiger charge is -2.21. The Bertz CT molecular complexity index is 448. The minimum absolute atomic E-state index is 0.336. The molecule has 1 aromatic rings. The van der Waals surface area contributed by atoms with Crippen molar-refractivity contribution in [2.75, 3.05) is 6.61 Å². The molecule has 0 bridgehead atoms. The second-order valence-corrected chi connectivity index (χ2v) is 4.62. The van der Waals surface area contributed by atoms with Gasteiger partial charge in [-0.05, 0) is 19.1 Å². The van der Waals surface area contributed by atoms with E-state index in [1.54, 1.807) is 30.3 Å². The number of hydrogen-bond donors (Lipinski definition) is 2. The van der Waals surface area contributed by atoms with Crippen LogP contribution in [0.4, 0.5) is 4.39 Å². The minimum Gasteiger partial charge on any atom is -0.459 e. The van der Waals surface area contributed by atoms with Gasteiger partial charge in [-0.25, -0.2) is 9.18 Å². The topological polar surface area (TPSA) is 76.0 Å². The standard InChI is InChI=1S/C13H15FO5/c1-13(17)10(14)9(19-12(13)16)7-18-11(15)8-5-3-2-4-6-8/h2-6,9-10,12,16-17H,7H2,1H3/t9-,10?,12?,13-/m1/s1. The molecule has 0 amide bonds. The van der Waals surface area contributed by atoms with Crippen molar-refractivity contribution in [3.8, 4) is 0 Å². The van der Waals surface area contributed by atoms with Crippen LogP contribution in [0.2, 0.25) is 0 Å². The van der Waals surface area contributed by atoms with Gasteiger partial charge < -0.3 is 19.7 Å². The molecule has 1 aliphatic rings. The van der Waals surface area contributed by atoms with Crippen LogP contribution in [0.5, 0.6) is 0 Å². The molecule has 4 atom stereocenters. The first-order valence-electron chi connectivity index (χ1n) is 5.85. The van der Waals surface area contributed by atoms with E-state index in [0.717, 1.165) is 6.92 Å². The van der Waals surface area contributed by atoms with Crippen LogP contribution in [-0.4, -0.2) is 47.0 Å². The molecular formula is C13H15FO5. The fourth-order valence-corrected chi connectivity index (χ4v) is 1.82. The average molecular weight is 270 g/mol. The van der Waals surface area contributed by atoms with Gasteiger partial charge in [0, 0.05) is 0 Å². The maximum atomic E-state index is 13.7. The number of carbonyl (C=O) groups excluding carboxylic acids is 1. The van der Waals surface area contributed by atoms with Gasteiger partial charge in [0.2, 0.25) is 0 Å². The van der Waals surface area contributed by atoms with Crippen molar-refractivity contribution in [3.63, 3.8) is 0 Å². The maximum Gasteiger partial charge on any atom is 0.338 e. The summed E-state index contributed by atoms with van der Waals surface area (Å²) in [4.78, 5) is 11.6. The third-order valence-electron chi connectivity index (χ3n) is 3.08. The Morgan fingerprint density at radius 3 is 2.63 bits per heavy atom. The summed E-state index contributed by atoms with van der Waals surface area (Å²) in [6, 6.07) is 8.23. The molecule has 2 N–H and O–H groups in total. The summed E-state index contributed by atoms with van der Waals surface area (Å²) in [7, 11) is 0. The number of aliphatic hydroxyl groups excluding tert-OH is 1. The summed E-state index contributed by atoms with van der Waals surface area (Å²) >= 11 is 0. The number of aliphatic hydroxyl groups is 2. The molecule has 1 aromatic carbocycles. The van der Waals surface area contributed by atoms with E-state index in [1.807, 2.05) is 0 Å². The smallest absolute Gasteiger partial charge is 0.338 e. The van der Waals surface area contributed by atoms with E-state index in [9.17, 15) is 19.4 Å². The molecule has 1 saturated heterocycles. The fourth-order valence-electron chi connectivity index (χ4n) is 1.82. The summed E-state index contributed by atoms with van der Waals surface area (Å²) in [6.07, 6.45) is -4.65. The predicted molar refractivity (Wildman–Crippen MR) is 63.1 cm³/mol. The van der Waals surface area contributed by atoms with Crippen LogP contribution < -0.4 is 0 Å². The van der Waals surface area contributed by atoms with Gasteiger partial charge in [-0.3, -0.25) is 0 Å². The zero-order valence-electron chi connectivity index (χ0n) is 10.3. The monoisotopic (exact) mass is 270 g/mol. The van der Waals surface area contributed by atoms with Crippen LogP contribution in [0.1, 0.15) is 17.3 Å². The van der Waals surface area contributed by atoms with Gasteiger partial charge in [0.05, 0.1) is 5.56 Å². The molecular weight excluding hydrogens is 255 g/mol. The molecule has 19 heavy (non-hydrogen) atoms. The molecule has 2 rings (SSSR count). The van der Waals surface area contributed by atoms with Crippen LogP contribution in [-0.2, 0) is 9.47 Å². The van der Waals surface area contributed by atoms with Gasteiger partial charge in [-0.15, -0.1) is 0 Å². The number of rotatable bonds is 3. The Labute approximate surface area is 109 Å².